The van der Waals surface area contributed by atoms with Crippen molar-refractivity contribution in [1.82, 2.24) is 35.1 Å². The van der Waals surface area contributed by atoms with Gasteiger partial charge < -0.3 is 10.3 Å². The van der Waals surface area contributed by atoms with E-state index < -0.39 is 5.82 Å². The van der Waals surface area contributed by atoms with Gasteiger partial charge in [0, 0.05) is 35.6 Å². The number of hydrogen-bond acceptors (Lipinski definition) is 6. The van der Waals surface area contributed by atoms with Crippen molar-refractivity contribution in [2.75, 3.05) is 5.32 Å². The molecule has 0 saturated heterocycles. The maximum Gasteiger partial charge on any atom is 0.227 e. The van der Waals surface area contributed by atoms with Crippen LogP contribution in [0, 0.1) is 11.7 Å². The monoisotopic (exact) mass is 518 g/mol. The SMILES string of the molecule is O=C(Nc1cncc(-c2ccc3[nH]nc(-c4nc5c(-c6ccccn6)nccc5[nH]4)c3c2F)c1)C1CCCC1. The second kappa shape index (κ2) is 9.39. The van der Waals surface area contributed by atoms with Gasteiger partial charge >= 0.3 is 0 Å². The van der Waals surface area contributed by atoms with Crippen molar-refractivity contribution in [2.24, 2.45) is 5.92 Å². The summed E-state index contributed by atoms with van der Waals surface area (Å²) in [6.07, 6.45) is 10.5. The van der Waals surface area contributed by atoms with Gasteiger partial charge in [-0.3, -0.25) is 24.8 Å². The predicted molar refractivity (Wildman–Crippen MR) is 146 cm³/mol. The van der Waals surface area contributed by atoms with Gasteiger partial charge in [-0.15, -0.1) is 0 Å². The summed E-state index contributed by atoms with van der Waals surface area (Å²) in [5.41, 5.74) is 5.01. The highest BCUT2D eigenvalue weighted by atomic mass is 19.1. The minimum Gasteiger partial charge on any atom is -0.336 e. The largest absolute Gasteiger partial charge is 0.336 e. The maximum atomic E-state index is 16.1. The second-order valence-corrected chi connectivity index (χ2v) is 9.71. The van der Waals surface area contributed by atoms with E-state index in [0.29, 0.717) is 56.1 Å². The first-order chi connectivity index (χ1) is 19.2. The zero-order valence-electron chi connectivity index (χ0n) is 20.8. The fraction of sp³-hybridized carbons (Fsp3) is 0.172. The average molecular weight is 519 g/mol. The van der Waals surface area contributed by atoms with Gasteiger partial charge in [0.2, 0.25) is 5.91 Å². The fourth-order valence-electron chi connectivity index (χ4n) is 5.29. The zero-order chi connectivity index (χ0) is 26.3. The Labute approximate surface area is 222 Å². The number of nitrogens with zero attached hydrogens (tertiary/aromatic N) is 5. The molecule has 9 nitrogen and oxygen atoms in total. The first-order valence-corrected chi connectivity index (χ1v) is 12.8. The molecule has 0 bridgehead atoms. The van der Waals surface area contributed by atoms with Crippen LogP contribution in [0.5, 0.6) is 0 Å². The first-order valence-electron chi connectivity index (χ1n) is 12.8. The summed E-state index contributed by atoms with van der Waals surface area (Å²) < 4.78 is 16.1. The van der Waals surface area contributed by atoms with E-state index in [1.165, 1.54) is 0 Å². The van der Waals surface area contributed by atoms with Crippen molar-refractivity contribution in [2.45, 2.75) is 25.7 Å². The third-order valence-electron chi connectivity index (χ3n) is 7.24. The van der Waals surface area contributed by atoms with E-state index >= 15 is 4.39 Å². The molecule has 0 aliphatic heterocycles. The quantitative estimate of drug-likeness (QED) is 0.261. The number of hydrogen-bond donors (Lipinski definition) is 3. The number of carbonyl (C=O) groups excluding carboxylic acids is 1. The number of anilines is 1. The number of H-pyrrole nitrogens is 2. The van der Waals surface area contributed by atoms with Crippen LogP contribution in [0.1, 0.15) is 25.7 Å². The van der Waals surface area contributed by atoms with Crippen molar-refractivity contribution in [3.63, 3.8) is 0 Å². The van der Waals surface area contributed by atoms with Crippen molar-refractivity contribution >= 4 is 33.5 Å². The summed E-state index contributed by atoms with van der Waals surface area (Å²) in [7, 11) is 0. The molecule has 0 unspecified atom stereocenters. The third-order valence-corrected chi connectivity index (χ3v) is 7.24. The van der Waals surface area contributed by atoms with Crippen molar-refractivity contribution in [3.05, 3.63) is 73.1 Å². The van der Waals surface area contributed by atoms with Gasteiger partial charge in [0.1, 0.15) is 22.7 Å². The van der Waals surface area contributed by atoms with Crippen LogP contribution in [0.2, 0.25) is 0 Å². The Morgan fingerprint density at radius 2 is 1.87 bits per heavy atom. The van der Waals surface area contributed by atoms with Gasteiger partial charge in [0.15, 0.2) is 5.82 Å². The van der Waals surface area contributed by atoms with E-state index in [2.05, 4.69) is 35.5 Å². The molecule has 5 heterocycles. The van der Waals surface area contributed by atoms with E-state index in [-0.39, 0.29) is 11.8 Å². The highest BCUT2D eigenvalue weighted by Crippen LogP contribution is 2.35. The standard InChI is InChI=1S/C29H23FN8O/c30-24-19(17-13-18(15-31-14-17)34-29(39)16-5-1-2-6-16)8-9-20-23(24)27(38-37-20)28-35-22-10-12-33-25(26(22)36-28)21-7-3-4-11-32-21/h3-4,7-16H,1-2,5-6H2,(H,34,39)(H,35,36)(H,37,38). The molecular weight excluding hydrogens is 495 g/mol. The van der Waals surface area contributed by atoms with Crippen LogP contribution >= 0.6 is 0 Å². The smallest absolute Gasteiger partial charge is 0.227 e. The molecule has 0 spiro atoms. The number of rotatable bonds is 5. The Bertz CT molecular complexity index is 1840. The summed E-state index contributed by atoms with van der Waals surface area (Å²) in [6.45, 7) is 0. The van der Waals surface area contributed by atoms with Crippen LogP contribution in [0.25, 0.3) is 56.0 Å². The summed E-state index contributed by atoms with van der Waals surface area (Å²) >= 11 is 0. The summed E-state index contributed by atoms with van der Waals surface area (Å²) in [5, 5.41) is 10.6. The number of fused-ring (bicyclic) bond motifs is 2. The van der Waals surface area contributed by atoms with Crippen molar-refractivity contribution < 1.29 is 9.18 Å². The minimum absolute atomic E-state index is 0.0102. The molecule has 5 aromatic heterocycles. The lowest BCUT2D eigenvalue weighted by Crippen LogP contribution is -2.20. The molecule has 0 radical (unpaired) electrons. The highest BCUT2D eigenvalue weighted by molar-refractivity contribution is 5.98. The Morgan fingerprint density at radius 3 is 2.72 bits per heavy atom. The third kappa shape index (κ3) is 4.10. The highest BCUT2D eigenvalue weighted by Gasteiger charge is 2.24. The van der Waals surface area contributed by atoms with E-state index in [9.17, 15) is 4.79 Å². The zero-order valence-corrected chi connectivity index (χ0v) is 20.8. The minimum atomic E-state index is -0.458. The molecule has 39 heavy (non-hydrogen) atoms. The first kappa shape index (κ1) is 23.2. The van der Waals surface area contributed by atoms with Gasteiger partial charge in [0.25, 0.3) is 0 Å². The summed E-state index contributed by atoms with van der Waals surface area (Å²) in [5.74, 6) is -0.0367. The van der Waals surface area contributed by atoms with Crippen LogP contribution in [-0.2, 0) is 4.79 Å². The van der Waals surface area contributed by atoms with E-state index in [1.54, 1.807) is 43.0 Å². The second-order valence-electron chi connectivity index (χ2n) is 9.71. The number of nitrogens with one attached hydrogen (secondary N) is 3. The molecule has 1 aliphatic carbocycles. The molecule has 1 fully saturated rings. The topological polar surface area (TPSA) is 125 Å². The van der Waals surface area contributed by atoms with Gasteiger partial charge in [-0.05, 0) is 49.2 Å². The lowest BCUT2D eigenvalue weighted by molar-refractivity contribution is -0.119. The molecule has 0 atom stereocenters. The van der Waals surface area contributed by atoms with E-state index in [1.807, 2.05) is 24.3 Å². The maximum absolute atomic E-state index is 16.1. The number of pyridine rings is 3. The summed E-state index contributed by atoms with van der Waals surface area (Å²) in [6, 6.07) is 12.6. The molecule has 1 aliphatic rings. The number of aromatic amines is 2. The number of benzene rings is 1. The molecule has 1 aromatic carbocycles. The average Bonchev–Trinajstić information content (AvgIpc) is 3.73. The van der Waals surface area contributed by atoms with Crippen molar-refractivity contribution in [3.8, 4) is 34.0 Å². The Balaban J connectivity index is 1.28. The normalized spacial score (nSPS) is 13.9. The van der Waals surface area contributed by atoms with Crippen LogP contribution < -0.4 is 5.32 Å². The van der Waals surface area contributed by atoms with Crippen LogP contribution in [0.4, 0.5) is 10.1 Å². The van der Waals surface area contributed by atoms with Crippen LogP contribution in [0.15, 0.2) is 67.3 Å². The number of amides is 1. The molecule has 3 N–H and O–H groups in total. The van der Waals surface area contributed by atoms with Crippen molar-refractivity contribution in [1.29, 1.82) is 0 Å². The van der Waals surface area contributed by atoms with Gasteiger partial charge in [-0.1, -0.05) is 18.9 Å². The lowest BCUT2D eigenvalue weighted by atomic mass is 10.0. The molecule has 10 heteroatoms. The van der Waals surface area contributed by atoms with Gasteiger partial charge in [0.05, 0.1) is 34.0 Å². The summed E-state index contributed by atoms with van der Waals surface area (Å²) in [4.78, 5) is 33.7. The molecule has 1 amide bonds. The number of carbonyl (C=O) groups is 1. The molecule has 1 saturated carbocycles. The molecule has 6 aromatic rings. The number of halogens is 1. The Hall–Kier alpha value is -4.99. The Morgan fingerprint density at radius 1 is 0.974 bits per heavy atom. The lowest BCUT2D eigenvalue weighted by Gasteiger charge is -2.11. The fourth-order valence-corrected chi connectivity index (χ4v) is 5.29. The van der Waals surface area contributed by atoms with Crippen LogP contribution in [0.3, 0.4) is 0 Å². The van der Waals surface area contributed by atoms with E-state index in [0.717, 1.165) is 31.2 Å². The van der Waals surface area contributed by atoms with E-state index in [4.69, 9.17) is 4.98 Å². The number of imidazole rings is 1. The van der Waals surface area contributed by atoms with Crippen LogP contribution in [-0.4, -0.2) is 41.0 Å². The predicted octanol–water partition coefficient (Wildman–Crippen LogP) is 5.89. The molecular formula is C29H23FN8O. The molecule has 7 rings (SSSR count). The van der Waals surface area contributed by atoms with Gasteiger partial charge in [-0.2, -0.15) is 5.10 Å². The molecule has 192 valence electrons. The Kier molecular flexibility index (Phi) is 5.58. The van der Waals surface area contributed by atoms with Gasteiger partial charge in [-0.25, -0.2) is 9.37 Å². The number of aromatic nitrogens is 7.